The van der Waals surface area contributed by atoms with Crippen molar-refractivity contribution in [3.8, 4) is 0 Å². The first-order valence-electron chi connectivity index (χ1n) is 9.40. The van der Waals surface area contributed by atoms with E-state index in [1.165, 1.54) is 0 Å². The predicted molar refractivity (Wildman–Crippen MR) is 100 cm³/mol. The van der Waals surface area contributed by atoms with Crippen LogP contribution in [0.1, 0.15) is 58.3 Å². The lowest BCUT2D eigenvalue weighted by molar-refractivity contribution is -0.122. The number of aliphatic hydroxyl groups is 2. The van der Waals surface area contributed by atoms with Crippen LogP contribution in [-0.2, 0) is 9.59 Å². The summed E-state index contributed by atoms with van der Waals surface area (Å²) in [7, 11) is 0. The third-order valence-corrected chi connectivity index (χ3v) is 4.57. The van der Waals surface area contributed by atoms with Crippen LogP contribution in [0.5, 0.6) is 0 Å². The van der Waals surface area contributed by atoms with Gasteiger partial charge in [-0.1, -0.05) is 43.4 Å². The van der Waals surface area contributed by atoms with Gasteiger partial charge in [0.1, 0.15) is 12.4 Å². The molecule has 0 spiro atoms. The fourth-order valence-electron chi connectivity index (χ4n) is 3.09. The minimum Gasteiger partial charge on any atom is -0.389 e. The van der Waals surface area contributed by atoms with Gasteiger partial charge in [0, 0.05) is 18.8 Å². The Bertz CT molecular complexity index is 490. The Morgan fingerprint density at radius 3 is 2.80 bits per heavy atom. The summed E-state index contributed by atoms with van der Waals surface area (Å²) < 4.78 is 0. The van der Waals surface area contributed by atoms with E-state index in [-0.39, 0.29) is 24.2 Å². The summed E-state index contributed by atoms with van der Waals surface area (Å²) in [6, 6.07) is 0. The average Bonchev–Trinajstić information content (AvgIpc) is 2.95. The number of Topliss-reactive ketones (excluding diaryl/α,β-unsaturated/α-hetero) is 2. The molecule has 0 saturated heterocycles. The predicted octanol–water partition coefficient (Wildman–Crippen LogP) is 3.53. The highest BCUT2D eigenvalue weighted by atomic mass is 16.3. The summed E-state index contributed by atoms with van der Waals surface area (Å²) in [6.45, 7) is 1.66. The molecular weight excluding hydrogens is 316 g/mol. The first-order valence-corrected chi connectivity index (χ1v) is 9.40. The maximum absolute atomic E-state index is 12.1. The van der Waals surface area contributed by atoms with Gasteiger partial charge in [-0.25, -0.2) is 0 Å². The van der Waals surface area contributed by atoms with Gasteiger partial charge in [0.15, 0.2) is 5.78 Å². The molecule has 0 heterocycles. The van der Waals surface area contributed by atoms with E-state index in [1.807, 2.05) is 37.3 Å². The number of carbonyl (C=O) groups is 2. The van der Waals surface area contributed by atoms with E-state index in [0.29, 0.717) is 25.0 Å². The van der Waals surface area contributed by atoms with Gasteiger partial charge in [0.25, 0.3) is 0 Å². The number of aliphatic hydroxyl groups excluding tert-OH is 2. The van der Waals surface area contributed by atoms with Crippen LogP contribution in [0.15, 0.2) is 36.5 Å². The Kier molecular flexibility index (Phi) is 11.0. The van der Waals surface area contributed by atoms with Gasteiger partial charge in [-0.2, -0.15) is 0 Å². The zero-order chi connectivity index (χ0) is 18.5. The standard InChI is InChI=1S/C21H32O4/c1-2-3-10-18(23)12-8-9-17-14-15-21(25)20(17)13-7-5-4-6-11-19(24)16-22/h3,5,7-10,17-18,20,22-23H,2,4,6,11-16H2,1H3/t17-,18?,20+/m0/s1. The number of unbranched alkanes of at least 4 members (excludes halogenated alkanes) is 1. The monoisotopic (exact) mass is 348 g/mol. The van der Waals surface area contributed by atoms with E-state index in [2.05, 4.69) is 6.08 Å². The zero-order valence-corrected chi connectivity index (χ0v) is 15.3. The van der Waals surface area contributed by atoms with Crippen molar-refractivity contribution < 1.29 is 19.8 Å². The third-order valence-electron chi connectivity index (χ3n) is 4.57. The Morgan fingerprint density at radius 1 is 1.28 bits per heavy atom. The molecule has 1 aliphatic rings. The molecule has 0 aromatic heterocycles. The van der Waals surface area contributed by atoms with Crippen LogP contribution < -0.4 is 0 Å². The molecule has 0 amide bonds. The van der Waals surface area contributed by atoms with E-state index in [1.54, 1.807) is 0 Å². The van der Waals surface area contributed by atoms with Crippen LogP contribution in [0.4, 0.5) is 0 Å². The Labute approximate surface area is 151 Å². The van der Waals surface area contributed by atoms with Crippen molar-refractivity contribution in [1.29, 1.82) is 0 Å². The molecule has 1 rings (SSSR count). The largest absolute Gasteiger partial charge is 0.389 e. The first-order chi connectivity index (χ1) is 12.1. The molecule has 4 nitrogen and oxygen atoms in total. The van der Waals surface area contributed by atoms with Gasteiger partial charge in [-0.05, 0) is 44.4 Å². The van der Waals surface area contributed by atoms with Crippen molar-refractivity contribution in [2.24, 2.45) is 11.8 Å². The molecule has 4 heteroatoms. The SMILES string of the molecule is CCC=CC(O)CC=C[C@H]1CCC(=O)[C@@H]1CC=CCCCC(=O)CO. The van der Waals surface area contributed by atoms with Gasteiger partial charge in [0.2, 0.25) is 0 Å². The molecule has 140 valence electrons. The Balaban J connectivity index is 2.36. The van der Waals surface area contributed by atoms with E-state index in [9.17, 15) is 14.7 Å². The average molecular weight is 348 g/mol. The molecule has 2 N–H and O–H groups in total. The number of hydrogen-bond donors (Lipinski definition) is 2. The molecule has 0 aromatic carbocycles. The lowest BCUT2D eigenvalue weighted by Crippen LogP contribution is -2.12. The summed E-state index contributed by atoms with van der Waals surface area (Å²) in [6.07, 6.45) is 17.2. The number of hydrogen-bond acceptors (Lipinski definition) is 4. The van der Waals surface area contributed by atoms with Gasteiger partial charge < -0.3 is 10.2 Å². The Hall–Kier alpha value is -1.52. The summed E-state index contributed by atoms with van der Waals surface area (Å²) in [4.78, 5) is 23.1. The van der Waals surface area contributed by atoms with Crippen molar-refractivity contribution in [2.75, 3.05) is 6.61 Å². The zero-order valence-electron chi connectivity index (χ0n) is 15.3. The molecular formula is C21H32O4. The van der Waals surface area contributed by atoms with Gasteiger partial charge in [0.05, 0.1) is 6.10 Å². The molecule has 25 heavy (non-hydrogen) atoms. The van der Waals surface area contributed by atoms with E-state index in [0.717, 1.165) is 32.1 Å². The molecule has 1 unspecified atom stereocenters. The molecule has 0 aromatic rings. The molecule has 1 saturated carbocycles. The van der Waals surface area contributed by atoms with E-state index >= 15 is 0 Å². The van der Waals surface area contributed by atoms with E-state index < -0.39 is 6.10 Å². The lowest BCUT2D eigenvalue weighted by atomic mass is 9.91. The van der Waals surface area contributed by atoms with Crippen LogP contribution in [-0.4, -0.2) is 34.5 Å². The minimum atomic E-state index is -0.451. The highest BCUT2D eigenvalue weighted by molar-refractivity contribution is 5.83. The molecule has 0 radical (unpaired) electrons. The number of allylic oxidation sites excluding steroid dienone is 4. The third kappa shape index (κ3) is 8.94. The van der Waals surface area contributed by atoms with Crippen LogP contribution in [0.2, 0.25) is 0 Å². The van der Waals surface area contributed by atoms with Crippen molar-refractivity contribution in [2.45, 2.75) is 64.4 Å². The van der Waals surface area contributed by atoms with E-state index in [4.69, 9.17) is 5.11 Å². The second-order valence-electron chi connectivity index (χ2n) is 6.64. The molecule has 1 fully saturated rings. The summed E-state index contributed by atoms with van der Waals surface area (Å²) in [5, 5.41) is 18.5. The highest BCUT2D eigenvalue weighted by Crippen LogP contribution is 2.32. The Morgan fingerprint density at radius 2 is 2.08 bits per heavy atom. The van der Waals surface area contributed by atoms with Crippen molar-refractivity contribution >= 4 is 11.6 Å². The van der Waals surface area contributed by atoms with Crippen molar-refractivity contribution in [1.82, 2.24) is 0 Å². The van der Waals surface area contributed by atoms with Crippen molar-refractivity contribution in [3.63, 3.8) is 0 Å². The first kappa shape index (κ1) is 21.5. The highest BCUT2D eigenvalue weighted by Gasteiger charge is 2.31. The van der Waals surface area contributed by atoms with Crippen LogP contribution >= 0.6 is 0 Å². The fraction of sp³-hybridized carbons (Fsp3) is 0.619. The number of rotatable bonds is 12. The minimum absolute atomic E-state index is 0.0369. The quantitative estimate of drug-likeness (QED) is 0.418. The van der Waals surface area contributed by atoms with Crippen LogP contribution in [0.3, 0.4) is 0 Å². The molecule has 0 aliphatic heterocycles. The lowest BCUT2D eigenvalue weighted by Gasteiger charge is -2.13. The summed E-state index contributed by atoms with van der Waals surface area (Å²) in [5.41, 5.74) is 0. The smallest absolute Gasteiger partial charge is 0.158 e. The second-order valence-corrected chi connectivity index (χ2v) is 6.64. The molecule has 0 bridgehead atoms. The summed E-state index contributed by atoms with van der Waals surface area (Å²) >= 11 is 0. The topological polar surface area (TPSA) is 74.6 Å². The molecule has 3 atom stereocenters. The van der Waals surface area contributed by atoms with Gasteiger partial charge >= 0.3 is 0 Å². The van der Waals surface area contributed by atoms with Crippen LogP contribution in [0.25, 0.3) is 0 Å². The maximum Gasteiger partial charge on any atom is 0.158 e. The number of ketones is 2. The normalized spacial score (nSPS) is 22.6. The second kappa shape index (κ2) is 12.8. The van der Waals surface area contributed by atoms with Gasteiger partial charge in [-0.3, -0.25) is 9.59 Å². The van der Waals surface area contributed by atoms with Crippen molar-refractivity contribution in [3.05, 3.63) is 36.5 Å². The summed E-state index contributed by atoms with van der Waals surface area (Å²) in [5.74, 6) is 0.493. The molecule has 1 aliphatic carbocycles. The van der Waals surface area contributed by atoms with Crippen LogP contribution in [0, 0.1) is 11.8 Å². The number of carbonyl (C=O) groups excluding carboxylic acids is 2. The maximum atomic E-state index is 12.1. The fourth-order valence-corrected chi connectivity index (χ4v) is 3.09. The van der Waals surface area contributed by atoms with Gasteiger partial charge in [-0.15, -0.1) is 0 Å².